The molecule has 9 nitrogen and oxygen atoms in total. The molecule has 1 aromatic heterocycles. The third kappa shape index (κ3) is 2.86. The fourth-order valence-electron chi connectivity index (χ4n) is 2.85. The number of thioether (sulfide) groups is 1. The van der Waals surface area contributed by atoms with Gasteiger partial charge in [-0.1, -0.05) is 0 Å². The van der Waals surface area contributed by atoms with Crippen LogP contribution < -0.4 is 21.3 Å². The van der Waals surface area contributed by atoms with Gasteiger partial charge in [-0.3, -0.25) is 9.69 Å². The molecule has 2 unspecified atom stereocenters. The minimum atomic E-state index is -1.39. The van der Waals surface area contributed by atoms with E-state index in [-0.39, 0.29) is 43.2 Å². The highest BCUT2D eigenvalue weighted by molar-refractivity contribution is 8.00. The summed E-state index contributed by atoms with van der Waals surface area (Å²) in [5.74, 6) is -0.908. The Labute approximate surface area is 148 Å². The van der Waals surface area contributed by atoms with Crippen LogP contribution in [0.2, 0.25) is 0 Å². The Kier molecular flexibility index (Phi) is 5.43. The predicted octanol–water partition coefficient (Wildman–Crippen LogP) is -2.98. The molecule has 3 rings (SSSR count). The second kappa shape index (κ2) is 7.01. The Morgan fingerprint density at radius 2 is 2.25 bits per heavy atom. The largest absolute Gasteiger partial charge is 0.543 e. The molecule has 0 bridgehead atoms. The van der Waals surface area contributed by atoms with Crippen LogP contribution >= 0.6 is 24.2 Å². The molecule has 1 aromatic rings. The van der Waals surface area contributed by atoms with Crippen molar-refractivity contribution in [2.75, 3.05) is 18.1 Å². The zero-order valence-corrected chi connectivity index (χ0v) is 14.3. The minimum Gasteiger partial charge on any atom is -0.543 e. The number of carboxylic acids is 1. The van der Waals surface area contributed by atoms with E-state index >= 15 is 0 Å². The molecule has 0 radical (unpaired) electrons. The summed E-state index contributed by atoms with van der Waals surface area (Å²) in [7, 11) is 0. The number of β-lactam (4-membered cyclic amide) rings is 1. The maximum atomic E-state index is 11.9. The number of amides is 1. The maximum Gasteiger partial charge on any atom is 0.248 e. The van der Waals surface area contributed by atoms with Crippen LogP contribution in [0.15, 0.2) is 23.5 Å². The van der Waals surface area contributed by atoms with Gasteiger partial charge in [-0.25, -0.2) is 0 Å². The molecule has 0 aliphatic carbocycles. The van der Waals surface area contributed by atoms with E-state index in [1.165, 1.54) is 16.7 Å². The van der Waals surface area contributed by atoms with Crippen molar-refractivity contribution in [3.63, 3.8) is 0 Å². The number of aromatic nitrogens is 2. The Bertz CT molecular complexity index is 707. The van der Waals surface area contributed by atoms with Gasteiger partial charge in [0.2, 0.25) is 5.91 Å². The Morgan fingerprint density at radius 3 is 2.88 bits per heavy atom. The van der Waals surface area contributed by atoms with Crippen molar-refractivity contribution in [2.24, 2.45) is 5.73 Å². The maximum absolute atomic E-state index is 11.9. The molecular weight excluding hydrogens is 358 g/mol. The highest BCUT2D eigenvalue weighted by Gasteiger charge is 2.50. The number of carbonyl (C=O) groups is 2. The zero-order valence-electron chi connectivity index (χ0n) is 12.6. The number of hydrogen-bond donors (Lipinski definition) is 3. The van der Waals surface area contributed by atoms with Crippen molar-refractivity contribution >= 4 is 41.9 Å². The Morgan fingerprint density at radius 1 is 1.54 bits per heavy atom. The van der Waals surface area contributed by atoms with Gasteiger partial charge in [0, 0.05) is 11.3 Å². The molecule has 0 saturated carbocycles. The van der Waals surface area contributed by atoms with Crippen molar-refractivity contribution in [3.8, 4) is 0 Å². The van der Waals surface area contributed by atoms with Gasteiger partial charge in [-0.05, 0) is 0 Å². The fraction of sp³-hybridized carbons (Fsp3) is 0.462. The molecule has 2 atom stereocenters. The topological polar surface area (TPSA) is 142 Å². The molecule has 5 N–H and O–H groups in total. The number of carboxylic acid groups (broad SMARTS) is 1. The van der Waals surface area contributed by atoms with E-state index in [9.17, 15) is 14.7 Å². The molecule has 24 heavy (non-hydrogen) atoms. The van der Waals surface area contributed by atoms with Crippen molar-refractivity contribution < 1.29 is 24.5 Å². The summed E-state index contributed by atoms with van der Waals surface area (Å²) in [4.78, 5) is 24.6. The monoisotopic (exact) mass is 375 g/mol. The van der Waals surface area contributed by atoms with E-state index in [2.05, 4.69) is 0 Å². The number of rotatable bonds is 5. The van der Waals surface area contributed by atoms with Crippen LogP contribution in [0.1, 0.15) is 0 Å². The SMILES string of the molecule is Cl.Nc1cc[n+](CC2=C(C(=O)[O-])N3C(=O)C(N)C3SC2)n1CCO. The van der Waals surface area contributed by atoms with Crippen LogP contribution in [0, 0.1) is 0 Å². The number of aliphatic carboxylic acids is 1. The van der Waals surface area contributed by atoms with Crippen LogP contribution in [0.25, 0.3) is 0 Å². The third-order valence-electron chi connectivity index (χ3n) is 3.97. The molecule has 11 heteroatoms. The lowest BCUT2D eigenvalue weighted by atomic mass is 10.0. The summed E-state index contributed by atoms with van der Waals surface area (Å²) >= 11 is 1.43. The number of hydrogen-bond acceptors (Lipinski definition) is 7. The van der Waals surface area contributed by atoms with E-state index in [0.29, 0.717) is 17.1 Å². The van der Waals surface area contributed by atoms with Crippen LogP contribution in [-0.4, -0.2) is 50.3 Å². The number of nitrogen functional groups attached to an aromatic ring is 1. The van der Waals surface area contributed by atoms with E-state index < -0.39 is 17.9 Å². The van der Waals surface area contributed by atoms with E-state index in [1.807, 2.05) is 0 Å². The number of nitrogens with two attached hydrogens (primary N) is 2. The second-order valence-corrected chi connectivity index (χ2v) is 6.47. The molecule has 2 aliphatic rings. The van der Waals surface area contributed by atoms with Gasteiger partial charge >= 0.3 is 0 Å². The van der Waals surface area contributed by atoms with E-state index in [0.717, 1.165) is 0 Å². The smallest absolute Gasteiger partial charge is 0.248 e. The van der Waals surface area contributed by atoms with Gasteiger partial charge in [0.25, 0.3) is 0 Å². The predicted molar refractivity (Wildman–Crippen MR) is 86.5 cm³/mol. The van der Waals surface area contributed by atoms with E-state index in [4.69, 9.17) is 16.6 Å². The number of aliphatic hydroxyl groups excluding tert-OH is 1. The third-order valence-corrected chi connectivity index (χ3v) is 5.33. The van der Waals surface area contributed by atoms with Crippen molar-refractivity contribution in [1.82, 2.24) is 9.58 Å². The second-order valence-electron chi connectivity index (χ2n) is 5.36. The summed E-state index contributed by atoms with van der Waals surface area (Å²) in [6.45, 7) is 0.427. The zero-order chi connectivity index (χ0) is 16.7. The molecule has 0 aromatic carbocycles. The number of fused-ring (bicyclic) bond motifs is 1. The van der Waals surface area contributed by atoms with Gasteiger partial charge in [0.15, 0.2) is 18.6 Å². The highest BCUT2D eigenvalue weighted by Crippen LogP contribution is 2.39. The summed E-state index contributed by atoms with van der Waals surface area (Å²) in [5, 5.41) is 20.3. The lowest BCUT2D eigenvalue weighted by Crippen LogP contribution is -2.69. The molecular formula is C13H18ClN5O4S. The number of nitrogens with zero attached hydrogens (tertiary/aromatic N) is 3. The molecule has 1 fully saturated rings. The normalized spacial score (nSPS) is 22.8. The molecule has 3 heterocycles. The average molecular weight is 376 g/mol. The van der Waals surface area contributed by atoms with Crippen molar-refractivity contribution in [2.45, 2.75) is 24.5 Å². The molecule has 1 saturated heterocycles. The first-order valence-electron chi connectivity index (χ1n) is 7.05. The molecule has 0 spiro atoms. The van der Waals surface area contributed by atoms with Crippen molar-refractivity contribution in [3.05, 3.63) is 23.5 Å². The number of carbonyl (C=O) groups excluding carboxylic acids is 2. The van der Waals surface area contributed by atoms with Gasteiger partial charge in [0.05, 0.1) is 24.3 Å². The van der Waals surface area contributed by atoms with Gasteiger partial charge < -0.3 is 26.5 Å². The summed E-state index contributed by atoms with van der Waals surface area (Å²) in [5.41, 5.74) is 12.0. The summed E-state index contributed by atoms with van der Waals surface area (Å²) in [6.07, 6.45) is 1.70. The lowest BCUT2D eigenvalue weighted by molar-refractivity contribution is -0.767. The van der Waals surface area contributed by atoms with Crippen LogP contribution in [0.5, 0.6) is 0 Å². The summed E-state index contributed by atoms with van der Waals surface area (Å²) < 4.78 is 3.34. The summed E-state index contributed by atoms with van der Waals surface area (Å²) in [6, 6.07) is 0.996. The first kappa shape index (κ1) is 18.6. The van der Waals surface area contributed by atoms with E-state index in [1.54, 1.807) is 21.6 Å². The van der Waals surface area contributed by atoms with Crippen LogP contribution in [0.3, 0.4) is 0 Å². The quantitative estimate of drug-likeness (QED) is 0.368. The number of aliphatic hydroxyl groups is 1. The first-order chi connectivity index (χ1) is 11.0. The number of anilines is 1. The Balaban J connectivity index is 0.00000208. The average Bonchev–Trinajstić information content (AvgIpc) is 2.87. The van der Waals surface area contributed by atoms with Crippen LogP contribution in [-0.2, 0) is 22.7 Å². The highest BCUT2D eigenvalue weighted by atomic mass is 35.5. The molecule has 2 aliphatic heterocycles. The van der Waals surface area contributed by atoms with Crippen LogP contribution in [0.4, 0.5) is 5.82 Å². The molecule has 132 valence electrons. The fourth-order valence-corrected chi connectivity index (χ4v) is 4.14. The lowest BCUT2D eigenvalue weighted by Gasteiger charge is -2.49. The minimum absolute atomic E-state index is 0. The first-order valence-corrected chi connectivity index (χ1v) is 8.09. The van der Waals surface area contributed by atoms with Gasteiger partial charge in [-0.15, -0.1) is 33.5 Å². The number of halogens is 1. The van der Waals surface area contributed by atoms with Gasteiger partial charge in [0.1, 0.15) is 18.0 Å². The Hall–Kier alpha value is -1.75. The standard InChI is InChI=1S/C13H17N5O4S.ClH/c14-8-1-2-16(17(8)3-4-19)5-7-6-23-12-9(15)11(20)18(12)10(7)13(21)22;/h1-2,9,12,14,19H,3-6,15H2,(H,21,22);1H. The molecule has 1 amide bonds. The van der Waals surface area contributed by atoms with Crippen molar-refractivity contribution in [1.29, 1.82) is 0 Å². The van der Waals surface area contributed by atoms with Gasteiger partial charge in [-0.2, -0.15) is 0 Å².